The Morgan fingerprint density at radius 3 is 2.81 bits per heavy atom. The fraction of sp³-hybridized carbons (Fsp3) is 0.500. The van der Waals surface area contributed by atoms with Crippen LogP contribution in [0.2, 0.25) is 0 Å². The molecular weight excluding hydrogens is 284 g/mol. The molecule has 1 heterocycles. The molecule has 0 N–H and O–H groups in total. The first-order chi connectivity index (χ1) is 10.3. The normalized spacial score (nSPS) is 16.4. The van der Waals surface area contributed by atoms with Crippen molar-refractivity contribution in [3.63, 3.8) is 0 Å². The monoisotopic (exact) mass is 303 g/mol. The van der Waals surface area contributed by atoms with Crippen LogP contribution in [0.25, 0.3) is 11.0 Å². The summed E-state index contributed by atoms with van der Waals surface area (Å²) in [5, 5.41) is 11.5. The molecule has 0 atom stereocenters. The van der Waals surface area contributed by atoms with Crippen LogP contribution in [0.5, 0.6) is 0 Å². The zero-order valence-corrected chi connectivity index (χ0v) is 12.8. The van der Waals surface area contributed by atoms with E-state index in [1.54, 1.807) is 0 Å². The Morgan fingerprint density at radius 1 is 1.29 bits per heavy atom. The number of carboxylic acid groups (broad SMARTS) is 1. The van der Waals surface area contributed by atoms with Gasteiger partial charge in [0.1, 0.15) is 0 Å². The fourth-order valence-corrected chi connectivity index (χ4v) is 4.04. The van der Waals surface area contributed by atoms with Gasteiger partial charge in [0.15, 0.2) is 5.16 Å². The van der Waals surface area contributed by atoms with Gasteiger partial charge in [-0.3, -0.25) is 0 Å². The highest BCUT2D eigenvalue weighted by Gasteiger charge is 2.21. The van der Waals surface area contributed by atoms with Crippen molar-refractivity contribution in [3.05, 3.63) is 24.3 Å². The van der Waals surface area contributed by atoms with Crippen molar-refractivity contribution >= 4 is 28.8 Å². The molecule has 21 heavy (non-hydrogen) atoms. The van der Waals surface area contributed by atoms with Crippen LogP contribution >= 0.6 is 11.8 Å². The summed E-state index contributed by atoms with van der Waals surface area (Å²) in [6, 6.07) is 8.67. The molecule has 0 amide bonds. The zero-order chi connectivity index (χ0) is 14.7. The van der Waals surface area contributed by atoms with Gasteiger partial charge in [-0.15, -0.1) is 0 Å². The molecule has 0 radical (unpaired) electrons. The van der Waals surface area contributed by atoms with Gasteiger partial charge >= 0.3 is 0 Å². The van der Waals surface area contributed by atoms with Crippen LogP contribution in [0.15, 0.2) is 29.4 Å². The van der Waals surface area contributed by atoms with Crippen molar-refractivity contribution in [1.82, 2.24) is 9.55 Å². The van der Waals surface area contributed by atoms with Gasteiger partial charge in [-0.25, -0.2) is 4.98 Å². The molecule has 112 valence electrons. The second-order valence-corrected chi connectivity index (χ2v) is 6.58. The first-order valence-electron chi connectivity index (χ1n) is 7.55. The minimum atomic E-state index is -0.997. The summed E-state index contributed by atoms with van der Waals surface area (Å²) >= 11 is 1.53. The molecule has 2 aromatic rings. The molecule has 1 aromatic heterocycles. The highest BCUT2D eigenvalue weighted by Crippen LogP contribution is 2.35. The quantitative estimate of drug-likeness (QED) is 0.797. The Labute approximate surface area is 128 Å². The number of benzene rings is 1. The number of fused-ring (bicyclic) bond motifs is 1. The summed E-state index contributed by atoms with van der Waals surface area (Å²) in [7, 11) is 0. The lowest BCUT2D eigenvalue weighted by Crippen LogP contribution is -2.22. The smallest absolute Gasteiger partial charge is 0.169 e. The third kappa shape index (κ3) is 3.23. The second-order valence-electron chi connectivity index (χ2n) is 5.52. The van der Waals surface area contributed by atoms with E-state index < -0.39 is 5.97 Å². The molecule has 1 aliphatic rings. The summed E-state index contributed by atoms with van der Waals surface area (Å²) in [6.07, 6.45) is 6.29. The van der Waals surface area contributed by atoms with E-state index in [2.05, 4.69) is 10.6 Å². The third-order valence-electron chi connectivity index (χ3n) is 4.04. The first kappa shape index (κ1) is 14.4. The molecule has 1 fully saturated rings. The van der Waals surface area contributed by atoms with E-state index in [0.29, 0.717) is 11.8 Å². The molecule has 5 heteroatoms. The third-order valence-corrected chi connectivity index (χ3v) is 5.00. The Morgan fingerprint density at radius 2 is 2.05 bits per heavy atom. The Bertz CT molecular complexity index is 632. The van der Waals surface area contributed by atoms with Gasteiger partial charge in [0.05, 0.1) is 11.0 Å². The number of aliphatic carboxylic acids is 1. The Balaban J connectivity index is 1.91. The van der Waals surface area contributed by atoms with Gasteiger partial charge in [-0.1, -0.05) is 43.2 Å². The minimum absolute atomic E-state index is 0.0680. The highest BCUT2D eigenvalue weighted by atomic mass is 32.2. The van der Waals surface area contributed by atoms with Crippen LogP contribution in [0, 0.1) is 0 Å². The van der Waals surface area contributed by atoms with E-state index in [1.165, 1.54) is 49.4 Å². The van der Waals surface area contributed by atoms with Gasteiger partial charge < -0.3 is 14.5 Å². The summed E-state index contributed by atoms with van der Waals surface area (Å²) in [6.45, 7) is 0. The number of aromatic nitrogens is 2. The standard InChI is InChI=1S/C16H20N2O2S/c19-15(20)10-11-21-16-17-13-8-4-5-9-14(13)18(16)12-6-2-1-3-7-12/h4-5,8-9,12H,1-3,6-7,10-11H2,(H,19,20)/p-1. The predicted octanol–water partition coefficient (Wildman–Crippen LogP) is 2.77. The number of thioether (sulfide) groups is 1. The number of hydrogen-bond donors (Lipinski definition) is 0. The molecule has 1 aromatic carbocycles. The van der Waals surface area contributed by atoms with E-state index >= 15 is 0 Å². The molecule has 0 aliphatic heterocycles. The second kappa shape index (κ2) is 6.52. The van der Waals surface area contributed by atoms with Crippen LogP contribution in [0.3, 0.4) is 0 Å². The van der Waals surface area contributed by atoms with Gasteiger partial charge in [0.2, 0.25) is 0 Å². The van der Waals surface area contributed by atoms with E-state index in [0.717, 1.165) is 10.7 Å². The van der Waals surface area contributed by atoms with Crippen LogP contribution in [-0.4, -0.2) is 21.3 Å². The van der Waals surface area contributed by atoms with Crippen molar-refractivity contribution in [2.24, 2.45) is 0 Å². The largest absolute Gasteiger partial charge is 0.550 e. The SMILES string of the molecule is O=C([O-])CCSc1nc2ccccc2n1C1CCCCC1. The molecule has 1 aliphatic carbocycles. The average molecular weight is 303 g/mol. The molecule has 4 nitrogen and oxygen atoms in total. The van der Waals surface area contributed by atoms with Crippen molar-refractivity contribution in [3.8, 4) is 0 Å². The van der Waals surface area contributed by atoms with Crippen molar-refractivity contribution in [2.75, 3.05) is 5.75 Å². The van der Waals surface area contributed by atoms with E-state index in [1.807, 2.05) is 18.2 Å². The number of carboxylic acids is 1. The van der Waals surface area contributed by atoms with Gasteiger partial charge in [-0.2, -0.15) is 0 Å². The van der Waals surface area contributed by atoms with Gasteiger partial charge in [0.25, 0.3) is 0 Å². The number of carbonyl (C=O) groups is 1. The number of carbonyl (C=O) groups excluding carboxylic acids is 1. The lowest BCUT2D eigenvalue weighted by molar-refractivity contribution is -0.305. The van der Waals surface area contributed by atoms with Crippen molar-refractivity contribution in [2.45, 2.75) is 49.7 Å². The number of imidazole rings is 1. The number of rotatable bonds is 5. The molecule has 0 saturated heterocycles. The molecule has 0 unspecified atom stereocenters. The topological polar surface area (TPSA) is 57.9 Å². The Hall–Kier alpha value is -1.49. The van der Waals surface area contributed by atoms with Crippen molar-refractivity contribution < 1.29 is 9.90 Å². The molecule has 0 spiro atoms. The Kier molecular flexibility index (Phi) is 4.48. The predicted molar refractivity (Wildman–Crippen MR) is 82.2 cm³/mol. The number of hydrogen-bond acceptors (Lipinski definition) is 4. The molecule has 0 bridgehead atoms. The van der Waals surface area contributed by atoms with Crippen LogP contribution in [0.1, 0.15) is 44.6 Å². The highest BCUT2D eigenvalue weighted by molar-refractivity contribution is 7.99. The summed E-state index contributed by atoms with van der Waals surface area (Å²) in [4.78, 5) is 15.3. The summed E-state index contributed by atoms with van der Waals surface area (Å²) in [5.74, 6) is -0.485. The summed E-state index contributed by atoms with van der Waals surface area (Å²) in [5.41, 5.74) is 2.17. The number of nitrogens with zero attached hydrogens (tertiary/aromatic N) is 2. The maximum atomic E-state index is 10.6. The average Bonchev–Trinajstić information content (AvgIpc) is 2.86. The van der Waals surface area contributed by atoms with E-state index in [9.17, 15) is 9.90 Å². The van der Waals surface area contributed by atoms with Crippen LogP contribution < -0.4 is 5.11 Å². The first-order valence-corrected chi connectivity index (χ1v) is 8.54. The zero-order valence-electron chi connectivity index (χ0n) is 12.0. The molecule has 3 rings (SSSR count). The lowest BCUT2D eigenvalue weighted by Gasteiger charge is -2.25. The van der Waals surface area contributed by atoms with E-state index in [-0.39, 0.29) is 6.42 Å². The van der Waals surface area contributed by atoms with Crippen LogP contribution in [-0.2, 0) is 4.79 Å². The minimum Gasteiger partial charge on any atom is -0.550 e. The maximum Gasteiger partial charge on any atom is 0.169 e. The number of para-hydroxylation sites is 2. The maximum absolute atomic E-state index is 10.6. The lowest BCUT2D eigenvalue weighted by atomic mass is 9.95. The van der Waals surface area contributed by atoms with E-state index in [4.69, 9.17) is 4.98 Å². The van der Waals surface area contributed by atoms with Crippen molar-refractivity contribution in [1.29, 1.82) is 0 Å². The fourth-order valence-electron chi connectivity index (χ4n) is 3.04. The van der Waals surface area contributed by atoms with Gasteiger partial charge in [-0.05, 0) is 31.4 Å². The van der Waals surface area contributed by atoms with Gasteiger partial charge in [0, 0.05) is 17.8 Å². The molecular formula is C16H19N2O2S-. The molecule has 1 saturated carbocycles. The van der Waals surface area contributed by atoms with Crippen LogP contribution in [0.4, 0.5) is 0 Å². The summed E-state index contributed by atoms with van der Waals surface area (Å²) < 4.78 is 2.33.